The zero-order valence-electron chi connectivity index (χ0n) is 10.4. The standard InChI is InChI=1S/C11H14N4O2S/c1-7-4-8(16-2)5-10(17-3)9(7)6-12-11-13-14-15-18-11/h4-5H,6H2,1-3H3,(H,12,13,15). The number of anilines is 1. The Hall–Kier alpha value is -1.89. The number of aryl methyl sites for hydroxylation is 1. The summed E-state index contributed by atoms with van der Waals surface area (Å²) in [5.74, 6) is 1.57. The fourth-order valence-corrected chi connectivity index (χ4v) is 2.01. The number of benzene rings is 1. The summed E-state index contributed by atoms with van der Waals surface area (Å²) in [6.45, 7) is 2.62. The fraction of sp³-hybridized carbons (Fsp3) is 0.364. The van der Waals surface area contributed by atoms with Gasteiger partial charge in [-0.05, 0) is 23.8 Å². The van der Waals surface area contributed by atoms with Crippen LogP contribution < -0.4 is 14.8 Å². The Morgan fingerprint density at radius 3 is 2.72 bits per heavy atom. The normalized spacial score (nSPS) is 10.2. The minimum atomic E-state index is 0.607. The van der Waals surface area contributed by atoms with Crippen molar-refractivity contribution in [1.29, 1.82) is 0 Å². The summed E-state index contributed by atoms with van der Waals surface area (Å²) in [4.78, 5) is 0. The van der Waals surface area contributed by atoms with E-state index in [0.29, 0.717) is 11.7 Å². The van der Waals surface area contributed by atoms with Crippen LogP contribution in [-0.4, -0.2) is 29.0 Å². The maximum Gasteiger partial charge on any atom is 0.225 e. The topological polar surface area (TPSA) is 69.2 Å². The summed E-state index contributed by atoms with van der Waals surface area (Å²) in [6.07, 6.45) is 0. The molecule has 0 amide bonds. The van der Waals surface area contributed by atoms with Gasteiger partial charge in [-0.1, -0.05) is 9.59 Å². The monoisotopic (exact) mass is 266 g/mol. The quantitative estimate of drug-likeness (QED) is 0.891. The number of nitrogens with one attached hydrogen (secondary N) is 1. The molecule has 0 aliphatic carbocycles. The van der Waals surface area contributed by atoms with Gasteiger partial charge in [0.15, 0.2) is 0 Å². The Labute approximate surface area is 109 Å². The molecule has 0 radical (unpaired) electrons. The predicted molar refractivity (Wildman–Crippen MR) is 69.3 cm³/mol. The van der Waals surface area contributed by atoms with Crippen LogP contribution in [0.1, 0.15) is 11.1 Å². The minimum absolute atomic E-state index is 0.607. The van der Waals surface area contributed by atoms with Gasteiger partial charge in [-0.25, -0.2) is 0 Å². The number of hydrogen-bond donors (Lipinski definition) is 1. The molecule has 6 nitrogen and oxygen atoms in total. The molecule has 96 valence electrons. The third-order valence-corrected chi connectivity index (χ3v) is 3.13. The van der Waals surface area contributed by atoms with Crippen LogP contribution >= 0.6 is 11.5 Å². The largest absolute Gasteiger partial charge is 0.497 e. The molecule has 1 N–H and O–H groups in total. The highest BCUT2D eigenvalue weighted by molar-refractivity contribution is 7.09. The Morgan fingerprint density at radius 2 is 2.11 bits per heavy atom. The number of rotatable bonds is 5. The Bertz CT molecular complexity index is 516. The van der Waals surface area contributed by atoms with E-state index in [9.17, 15) is 0 Å². The molecule has 0 unspecified atom stereocenters. The van der Waals surface area contributed by atoms with Gasteiger partial charge in [-0.3, -0.25) is 0 Å². The second-order valence-corrected chi connectivity index (χ2v) is 4.38. The van der Waals surface area contributed by atoms with E-state index in [0.717, 1.165) is 22.6 Å². The number of ether oxygens (including phenoxy) is 2. The summed E-state index contributed by atoms with van der Waals surface area (Å²) >= 11 is 1.22. The zero-order valence-corrected chi connectivity index (χ0v) is 11.2. The van der Waals surface area contributed by atoms with E-state index in [2.05, 4.69) is 20.1 Å². The molecule has 0 bridgehead atoms. The van der Waals surface area contributed by atoms with Crippen molar-refractivity contribution in [3.63, 3.8) is 0 Å². The van der Waals surface area contributed by atoms with Crippen molar-refractivity contribution in [3.8, 4) is 11.5 Å². The molecule has 0 fully saturated rings. The van der Waals surface area contributed by atoms with Gasteiger partial charge >= 0.3 is 0 Å². The summed E-state index contributed by atoms with van der Waals surface area (Å²) in [5, 5.41) is 11.2. The Morgan fingerprint density at radius 1 is 1.28 bits per heavy atom. The summed E-state index contributed by atoms with van der Waals surface area (Å²) in [7, 11) is 3.28. The molecule has 0 saturated carbocycles. The van der Waals surface area contributed by atoms with Gasteiger partial charge in [0.05, 0.1) is 14.2 Å². The van der Waals surface area contributed by atoms with Gasteiger partial charge in [0.1, 0.15) is 11.5 Å². The maximum absolute atomic E-state index is 5.37. The van der Waals surface area contributed by atoms with Crippen LogP contribution in [0.2, 0.25) is 0 Å². The highest BCUT2D eigenvalue weighted by Crippen LogP contribution is 2.29. The molecule has 1 aromatic heterocycles. The van der Waals surface area contributed by atoms with Gasteiger partial charge < -0.3 is 14.8 Å². The van der Waals surface area contributed by atoms with Crippen LogP contribution in [0.4, 0.5) is 5.13 Å². The van der Waals surface area contributed by atoms with Gasteiger partial charge in [-0.15, -0.1) is 0 Å². The second kappa shape index (κ2) is 5.63. The summed E-state index contributed by atoms with van der Waals surface area (Å²) < 4.78 is 14.3. The first-order valence-corrected chi connectivity index (χ1v) is 6.12. The third kappa shape index (κ3) is 2.67. The zero-order chi connectivity index (χ0) is 13.0. The second-order valence-electron chi connectivity index (χ2n) is 3.65. The number of nitrogens with zero attached hydrogens (tertiary/aromatic N) is 3. The van der Waals surface area contributed by atoms with Crippen molar-refractivity contribution in [1.82, 2.24) is 14.8 Å². The number of hydrogen-bond acceptors (Lipinski definition) is 7. The van der Waals surface area contributed by atoms with E-state index >= 15 is 0 Å². The van der Waals surface area contributed by atoms with Crippen molar-refractivity contribution < 1.29 is 9.47 Å². The van der Waals surface area contributed by atoms with E-state index in [4.69, 9.17) is 9.47 Å². The van der Waals surface area contributed by atoms with Crippen molar-refractivity contribution in [2.24, 2.45) is 0 Å². The van der Waals surface area contributed by atoms with Crippen molar-refractivity contribution in [3.05, 3.63) is 23.3 Å². The molecule has 2 rings (SSSR count). The first kappa shape index (κ1) is 12.6. The van der Waals surface area contributed by atoms with E-state index in [1.807, 2.05) is 19.1 Å². The van der Waals surface area contributed by atoms with E-state index in [1.165, 1.54) is 11.5 Å². The molecule has 0 aliphatic heterocycles. The SMILES string of the molecule is COc1cc(C)c(CNc2nnns2)c(OC)c1. The molecular formula is C11H14N4O2S. The minimum Gasteiger partial charge on any atom is -0.497 e. The molecule has 1 aromatic carbocycles. The summed E-state index contributed by atoms with van der Waals surface area (Å²) in [5.41, 5.74) is 2.16. The molecule has 0 spiro atoms. The maximum atomic E-state index is 5.37. The summed E-state index contributed by atoms with van der Waals surface area (Å²) in [6, 6.07) is 3.83. The molecular weight excluding hydrogens is 252 g/mol. The smallest absolute Gasteiger partial charge is 0.225 e. The first-order valence-electron chi connectivity index (χ1n) is 5.35. The highest BCUT2D eigenvalue weighted by atomic mass is 32.1. The van der Waals surface area contributed by atoms with Crippen LogP contribution in [0.15, 0.2) is 12.1 Å². The van der Waals surface area contributed by atoms with E-state index < -0.39 is 0 Å². The fourth-order valence-electron chi connectivity index (χ4n) is 1.65. The van der Waals surface area contributed by atoms with Crippen LogP contribution in [-0.2, 0) is 6.54 Å². The molecule has 1 heterocycles. The van der Waals surface area contributed by atoms with Crippen LogP contribution in [0.3, 0.4) is 0 Å². The Kier molecular flexibility index (Phi) is 3.93. The molecule has 18 heavy (non-hydrogen) atoms. The van der Waals surface area contributed by atoms with Gasteiger partial charge in [0.25, 0.3) is 0 Å². The number of methoxy groups -OCH3 is 2. The predicted octanol–water partition coefficient (Wildman–Crippen LogP) is 1.87. The Balaban J connectivity index is 2.20. The highest BCUT2D eigenvalue weighted by Gasteiger charge is 2.10. The first-order chi connectivity index (χ1) is 8.74. The molecule has 0 saturated heterocycles. The van der Waals surface area contributed by atoms with E-state index in [-0.39, 0.29) is 0 Å². The van der Waals surface area contributed by atoms with Crippen LogP contribution in [0, 0.1) is 6.92 Å². The van der Waals surface area contributed by atoms with Crippen LogP contribution in [0.5, 0.6) is 11.5 Å². The van der Waals surface area contributed by atoms with Gasteiger partial charge in [-0.2, -0.15) is 0 Å². The average Bonchev–Trinajstić information content (AvgIpc) is 2.89. The third-order valence-electron chi connectivity index (χ3n) is 2.58. The lowest BCUT2D eigenvalue weighted by Crippen LogP contribution is -2.04. The lowest BCUT2D eigenvalue weighted by molar-refractivity contribution is 0.391. The molecule has 7 heteroatoms. The van der Waals surface area contributed by atoms with Gasteiger partial charge in [0, 0.05) is 29.7 Å². The van der Waals surface area contributed by atoms with Crippen molar-refractivity contribution >= 4 is 16.7 Å². The average molecular weight is 266 g/mol. The van der Waals surface area contributed by atoms with Gasteiger partial charge in [0.2, 0.25) is 5.13 Å². The molecule has 2 aromatic rings. The molecule has 0 atom stereocenters. The van der Waals surface area contributed by atoms with Crippen molar-refractivity contribution in [2.45, 2.75) is 13.5 Å². The molecule has 0 aliphatic rings. The number of aromatic nitrogens is 3. The lowest BCUT2D eigenvalue weighted by Gasteiger charge is -2.13. The van der Waals surface area contributed by atoms with Crippen LogP contribution in [0.25, 0.3) is 0 Å². The lowest BCUT2D eigenvalue weighted by atomic mass is 10.1. The van der Waals surface area contributed by atoms with E-state index in [1.54, 1.807) is 14.2 Å². The van der Waals surface area contributed by atoms with Crippen molar-refractivity contribution in [2.75, 3.05) is 19.5 Å².